The molecule has 4 saturated carbocycles. The Kier molecular flexibility index (Phi) is 3.59. The Morgan fingerprint density at radius 1 is 1.21 bits per heavy atom. The van der Waals surface area contributed by atoms with Crippen LogP contribution in [0.2, 0.25) is 0 Å². The van der Waals surface area contributed by atoms with Gasteiger partial charge >= 0.3 is 0 Å². The molecule has 4 aliphatic rings. The van der Waals surface area contributed by atoms with Gasteiger partial charge < -0.3 is 4.42 Å². The summed E-state index contributed by atoms with van der Waals surface area (Å²) < 4.78 is 6.03. The van der Waals surface area contributed by atoms with Crippen LogP contribution in [0.1, 0.15) is 54.1 Å². The van der Waals surface area contributed by atoms with E-state index in [1.807, 2.05) is 17.5 Å². The largest absolute Gasteiger partial charge is 0.415 e. The molecule has 24 heavy (non-hydrogen) atoms. The minimum Gasteiger partial charge on any atom is -0.415 e. The number of Topliss-reactive ketones (excluding diaryl/α,β-unsaturated/α-hetero) is 1. The minimum absolute atomic E-state index is 0.129. The molecule has 6 rings (SSSR count). The van der Waals surface area contributed by atoms with E-state index >= 15 is 0 Å². The summed E-state index contributed by atoms with van der Waals surface area (Å²) in [6, 6.07) is 3.77. The normalized spacial score (nSPS) is 33.9. The number of aromatic nitrogens is 2. The lowest BCUT2D eigenvalue weighted by Gasteiger charge is -2.55. The molecule has 0 N–H and O–H groups in total. The smallest absolute Gasteiger partial charge is 0.277 e. The van der Waals surface area contributed by atoms with Gasteiger partial charge in [0, 0.05) is 5.41 Å². The van der Waals surface area contributed by atoms with Gasteiger partial charge in [-0.2, -0.15) is 0 Å². The minimum atomic E-state index is 0.129. The Labute approximate surface area is 149 Å². The van der Waals surface area contributed by atoms with Crippen LogP contribution in [0.3, 0.4) is 0 Å². The van der Waals surface area contributed by atoms with Gasteiger partial charge in [-0.25, -0.2) is 0 Å². The third-order valence-electron chi connectivity index (χ3n) is 6.02. The van der Waals surface area contributed by atoms with Gasteiger partial charge in [-0.1, -0.05) is 17.8 Å². The predicted octanol–water partition coefficient (Wildman–Crippen LogP) is 4.57. The summed E-state index contributed by atoms with van der Waals surface area (Å²) in [5, 5.41) is 11.1. The van der Waals surface area contributed by atoms with Gasteiger partial charge in [-0.05, 0) is 67.7 Å². The lowest BCUT2D eigenvalue weighted by atomic mass is 9.49. The Morgan fingerprint density at radius 2 is 1.92 bits per heavy atom. The summed E-state index contributed by atoms with van der Waals surface area (Å²) in [4.78, 5) is 12.9. The standard InChI is InChI=1S/C18H20N2O2S2/c21-14(15-2-1-3-23-15)10-24-17-20-19-16(22-17)18-7-11-4-12(8-18)6-13(5-11)9-18/h1-3,11-13H,4-10H2. The van der Waals surface area contributed by atoms with Crippen LogP contribution in [-0.4, -0.2) is 21.7 Å². The van der Waals surface area contributed by atoms with Gasteiger partial charge in [-0.15, -0.1) is 21.5 Å². The summed E-state index contributed by atoms with van der Waals surface area (Å²) in [6.45, 7) is 0. The Balaban J connectivity index is 1.30. The fourth-order valence-corrected chi connectivity index (χ4v) is 6.89. The second kappa shape index (κ2) is 5.70. The number of rotatable bonds is 5. The van der Waals surface area contributed by atoms with Crippen molar-refractivity contribution in [2.24, 2.45) is 17.8 Å². The van der Waals surface area contributed by atoms with Crippen molar-refractivity contribution in [2.75, 3.05) is 5.75 Å². The van der Waals surface area contributed by atoms with Crippen LogP contribution in [0.5, 0.6) is 0 Å². The quantitative estimate of drug-likeness (QED) is 0.577. The van der Waals surface area contributed by atoms with E-state index in [0.717, 1.165) is 28.5 Å². The van der Waals surface area contributed by atoms with Crippen LogP contribution in [0, 0.1) is 17.8 Å². The highest BCUT2D eigenvalue weighted by atomic mass is 32.2. The van der Waals surface area contributed by atoms with Crippen molar-refractivity contribution in [3.05, 3.63) is 28.3 Å². The zero-order valence-corrected chi connectivity index (χ0v) is 15.1. The first-order valence-electron chi connectivity index (χ1n) is 8.74. The summed E-state index contributed by atoms with van der Waals surface area (Å²) in [5.74, 6) is 3.92. The number of hydrogen-bond donors (Lipinski definition) is 0. The molecule has 0 amide bonds. The van der Waals surface area contributed by atoms with Gasteiger partial charge in [0.2, 0.25) is 5.89 Å². The van der Waals surface area contributed by atoms with Crippen LogP contribution in [0.25, 0.3) is 0 Å². The molecule has 0 unspecified atom stereocenters. The molecular weight excluding hydrogens is 340 g/mol. The average molecular weight is 361 g/mol. The third-order valence-corrected chi connectivity index (χ3v) is 7.75. The fraction of sp³-hybridized carbons (Fsp3) is 0.611. The second-order valence-electron chi connectivity index (χ2n) is 7.76. The van der Waals surface area contributed by atoms with E-state index < -0.39 is 0 Å². The highest BCUT2D eigenvalue weighted by Crippen LogP contribution is 2.60. The second-order valence-corrected chi connectivity index (χ2v) is 9.63. The van der Waals surface area contributed by atoms with Crippen molar-refractivity contribution in [2.45, 2.75) is 49.2 Å². The van der Waals surface area contributed by atoms with Crippen molar-refractivity contribution < 1.29 is 9.21 Å². The molecule has 6 heteroatoms. The van der Waals surface area contributed by atoms with Crippen molar-refractivity contribution in [1.29, 1.82) is 0 Å². The van der Waals surface area contributed by atoms with Crippen LogP contribution in [0.15, 0.2) is 27.2 Å². The third kappa shape index (κ3) is 2.54. The number of nitrogens with zero attached hydrogens (tertiary/aromatic N) is 2. The van der Waals surface area contributed by atoms with Gasteiger partial charge in [0.25, 0.3) is 5.22 Å². The Hall–Kier alpha value is -1.14. The monoisotopic (exact) mass is 360 g/mol. The fourth-order valence-electron chi connectivity index (χ4n) is 5.49. The molecule has 2 aromatic rings. The summed E-state index contributed by atoms with van der Waals surface area (Å²) >= 11 is 2.85. The maximum atomic E-state index is 12.1. The van der Waals surface area contributed by atoms with E-state index in [2.05, 4.69) is 10.2 Å². The molecule has 0 aliphatic heterocycles. The summed E-state index contributed by atoms with van der Waals surface area (Å²) in [7, 11) is 0. The lowest BCUT2D eigenvalue weighted by molar-refractivity contribution is -0.0191. The molecule has 0 spiro atoms. The molecule has 4 nitrogen and oxygen atoms in total. The predicted molar refractivity (Wildman–Crippen MR) is 93.5 cm³/mol. The van der Waals surface area contributed by atoms with Crippen LogP contribution < -0.4 is 0 Å². The number of ketones is 1. The van der Waals surface area contributed by atoms with Gasteiger partial charge in [-0.3, -0.25) is 4.79 Å². The Morgan fingerprint density at radius 3 is 2.54 bits per heavy atom. The van der Waals surface area contributed by atoms with Crippen LogP contribution in [0.4, 0.5) is 0 Å². The van der Waals surface area contributed by atoms with E-state index in [1.165, 1.54) is 61.6 Å². The van der Waals surface area contributed by atoms with E-state index in [0.29, 0.717) is 11.0 Å². The summed E-state index contributed by atoms with van der Waals surface area (Å²) in [6.07, 6.45) is 7.89. The van der Waals surface area contributed by atoms with Crippen molar-refractivity contribution >= 4 is 28.9 Å². The molecule has 0 aromatic carbocycles. The molecule has 4 fully saturated rings. The maximum Gasteiger partial charge on any atom is 0.277 e. The lowest BCUT2D eigenvalue weighted by Crippen LogP contribution is -2.48. The van der Waals surface area contributed by atoms with E-state index in [-0.39, 0.29) is 11.2 Å². The Bertz CT molecular complexity index is 718. The molecule has 126 valence electrons. The van der Waals surface area contributed by atoms with Crippen molar-refractivity contribution in [1.82, 2.24) is 10.2 Å². The molecule has 0 radical (unpaired) electrons. The summed E-state index contributed by atoms with van der Waals surface area (Å²) in [5.41, 5.74) is 0.137. The van der Waals surface area contributed by atoms with E-state index in [9.17, 15) is 4.79 Å². The average Bonchev–Trinajstić information content (AvgIpc) is 3.23. The van der Waals surface area contributed by atoms with Crippen LogP contribution >= 0.6 is 23.1 Å². The highest BCUT2D eigenvalue weighted by molar-refractivity contribution is 7.99. The number of thioether (sulfide) groups is 1. The zero-order chi connectivity index (χ0) is 16.1. The highest BCUT2D eigenvalue weighted by Gasteiger charge is 2.54. The van der Waals surface area contributed by atoms with Crippen molar-refractivity contribution in [3.63, 3.8) is 0 Å². The first-order chi connectivity index (χ1) is 11.7. The van der Waals surface area contributed by atoms with Gasteiger partial charge in [0.1, 0.15) is 0 Å². The molecule has 0 saturated heterocycles. The van der Waals surface area contributed by atoms with E-state index in [4.69, 9.17) is 4.42 Å². The first-order valence-corrected chi connectivity index (χ1v) is 10.6. The van der Waals surface area contributed by atoms with Crippen molar-refractivity contribution in [3.8, 4) is 0 Å². The number of carbonyl (C=O) groups is 1. The van der Waals surface area contributed by atoms with Gasteiger partial charge in [0.05, 0.1) is 10.6 Å². The maximum absolute atomic E-state index is 12.1. The van der Waals surface area contributed by atoms with Gasteiger partial charge in [0.15, 0.2) is 5.78 Å². The number of hydrogen-bond acceptors (Lipinski definition) is 6. The van der Waals surface area contributed by atoms with E-state index in [1.54, 1.807) is 0 Å². The topological polar surface area (TPSA) is 56.0 Å². The number of thiophene rings is 1. The molecule has 4 aliphatic carbocycles. The molecule has 2 aromatic heterocycles. The van der Waals surface area contributed by atoms with Crippen LogP contribution in [-0.2, 0) is 5.41 Å². The zero-order valence-electron chi connectivity index (χ0n) is 13.4. The number of carbonyl (C=O) groups excluding carboxylic acids is 1. The molecular formula is C18H20N2O2S2. The molecule has 2 heterocycles. The first kappa shape index (κ1) is 15.1. The molecule has 0 atom stereocenters. The SMILES string of the molecule is O=C(CSc1nnc(C23CC4CC(CC(C4)C2)C3)o1)c1cccs1. The molecule has 4 bridgehead atoms.